The van der Waals surface area contributed by atoms with Crippen LogP contribution in [0.4, 0.5) is 0 Å². The lowest BCUT2D eigenvalue weighted by Crippen LogP contribution is -1.94. The predicted molar refractivity (Wildman–Crippen MR) is 67.4 cm³/mol. The van der Waals surface area contributed by atoms with Crippen molar-refractivity contribution in [3.8, 4) is 11.5 Å². The molecule has 17 heavy (non-hydrogen) atoms. The number of rotatable bonds is 5. The third kappa shape index (κ3) is 3.13. The van der Waals surface area contributed by atoms with Crippen molar-refractivity contribution in [2.75, 3.05) is 20.5 Å². The summed E-state index contributed by atoms with van der Waals surface area (Å²) in [5.41, 5.74) is 0.729. The third-order valence-corrected chi connectivity index (χ3v) is 2.94. The van der Waals surface area contributed by atoms with Crippen LogP contribution in [-0.2, 0) is 0 Å². The molecule has 0 aliphatic rings. The van der Waals surface area contributed by atoms with Gasteiger partial charge in [-0.3, -0.25) is 10.1 Å². The lowest BCUT2D eigenvalue weighted by molar-refractivity contribution is -0.400. The third-order valence-electron chi connectivity index (χ3n) is 2.11. The molecule has 0 fully saturated rings. The van der Waals surface area contributed by atoms with E-state index in [1.54, 1.807) is 26.4 Å². The Kier molecular flexibility index (Phi) is 4.84. The molecule has 0 atom stereocenters. The topological polar surface area (TPSA) is 61.6 Å². The number of ether oxygens (including phenoxy) is 2. The summed E-state index contributed by atoms with van der Waals surface area (Å²) in [6.45, 7) is 0. The van der Waals surface area contributed by atoms with Crippen molar-refractivity contribution in [2.24, 2.45) is 0 Å². The molecule has 1 aromatic carbocycles. The zero-order valence-electron chi connectivity index (χ0n) is 9.80. The van der Waals surface area contributed by atoms with E-state index in [4.69, 9.17) is 9.47 Å². The summed E-state index contributed by atoms with van der Waals surface area (Å²) in [5, 5.41) is 10.3. The molecule has 0 aliphatic heterocycles. The van der Waals surface area contributed by atoms with Gasteiger partial charge >= 0.3 is 0 Å². The average molecular weight is 255 g/mol. The lowest BCUT2D eigenvalue weighted by atomic mass is 10.2. The van der Waals surface area contributed by atoms with Gasteiger partial charge in [-0.15, -0.1) is 11.8 Å². The van der Waals surface area contributed by atoms with Crippen molar-refractivity contribution in [3.05, 3.63) is 34.0 Å². The summed E-state index contributed by atoms with van der Waals surface area (Å²) >= 11 is 1.45. The molecule has 0 bridgehead atoms. The minimum Gasteiger partial charge on any atom is -0.493 e. The van der Waals surface area contributed by atoms with E-state index in [0.717, 1.165) is 16.7 Å². The summed E-state index contributed by atoms with van der Waals surface area (Å²) in [7, 11) is 3.09. The van der Waals surface area contributed by atoms with Crippen molar-refractivity contribution in [1.82, 2.24) is 0 Å². The molecule has 0 amide bonds. The summed E-state index contributed by atoms with van der Waals surface area (Å²) in [4.78, 5) is 10.6. The molecule has 0 saturated heterocycles. The van der Waals surface area contributed by atoms with Crippen LogP contribution in [0, 0.1) is 10.1 Å². The fourth-order valence-corrected chi connectivity index (χ4v) is 2.14. The summed E-state index contributed by atoms with van der Waals surface area (Å²) in [6, 6.07) is 3.48. The second-order valence-corrected chi connectivity index (χ2v) is 3.84. The van der Waals surface area contributed by atoms with E-state index in [2.05, 4.69) is 0 Å². The Balaban J connectivity index is 3.28. The molecule has 1 rings (SSSR count). The van der Waals surface area contributed by atoms with Gasteiger partial charge in [-0.1, -0.05) is 0 Å². The van der Waals surface area contributed by atoms with Gasteiger partial charge in [-0.25, -0.2) is 0 Å². The minimum absolute atomic E-state index is 0.499. The molecule has 0 aromatic heterocycles. The molecule has 0 heterocycles. The van der Waals surface area contributed by atoms with Crippen molar-refractivity contribution < 1.29 is 14.4 Å². The van der Waals surface area contributed by atoms with Crippen LogP contribution in [0.25, 0.3) is 6.08 Å². The Labute approximate surface area is 104 Å². The zero-order valence-corrected chi connectivity index (χ0v) is 10.6. The number of methoxy groups -OCH3 is 2. The highest BCUT2D eigenvalue weighted by atomic mass is 32.2. The van der Waals surface area contributed by atoms with Crippen LogP contribution in [-0.4, -0.2) is 25.4 Å². The van der Waals surface area contributed by atoms with E-state index >= 15 is 0 Å². The van der Waals surface area contributed by atoms with E-state index in [-0.39, 0.29) is 0 Å². The Hall–Kier alpha value is -1.69. The first-order valence-electron chi connectivity index (χ1n) is 4.74. The van der Waals surface area contributed by atoms with E-state index in [1.165, 1.54) is 17.8 Å². The largest absolute Gasteiger partial charge is 0.493 e. The van der Waals surface area contributed by atoms with Gasteiger partial charge in [-0.05, 0) is 24.0 Å². The van der Waals surface area contributed by atoms with Crippen LogP contribution in [0.1, 0.15) is 5.56 Å². The van der Waals surface area contributed by atoms with Gasteiger partial charge in [0, 0.05) is 6.08 Å². The van der Waals surface area contributed by atoms with E-state index in [9.17, 15) is 10.1 Å². The van der Waals surface area contributed by atoms with Crippen LogP contribution >= 0.6 is 11.8 Å². The molecule has 0 spiro atoms. The molecule has 92 valence electrons. The van der Waals surface area contributed by atoms with E-state index in [0.29, 0.717) is 11.5 Å². The van der Waals surface area contributed by atoms with E-state index in [1.807, 2.05) is 6.26 Å². The molecule has 0 N–H and O–H groups in total. The van der Waals surface area contributed by atoms with Crippen LogP contribution in [0.5, 0.6) is 11.5 Å². The number of benzene rings is 1. The maximum atomic E-state index is 10.3. The lowest BCUT2D eigenvalue weighted by Gasteiger charge is -2.13. The average Bonchev–Trinajstić information content (AvgIpc) is 2.34. The SMILES string of the molecule is COc1ccc(C=C[N+](=O)[O-])c(SC)c1OC. The number of hydrogen-bond donors (Lipinski definition) is 0. The van der Waals surface area contributed by atoms with Crippen LogP contribution in [0.15, 0.2) is 23.2 Å². The van der Waals surface area contributed by atoms with Gasteiger partial charge in [0.2, 0.25) is 6.20 Å². The standard InChI is InChI=1S/C11H13NO4S/c1-15-9-5-4-8(6-7-12(13)14)11(17-3)10(9)16-2/h4-7H,1-3H3. The highest BCUT2D eigenvalue weighted by Gasteiger charge is 2.13. The van der Waals surface area contributed by atoms with Crippen LogP contribution in [0.2, 0.25) is 0 Å². The molecule has 0 saturated carbocycles. The molecular formula is C11H13NO4S. The first kappa shape index (κ1) is 13.4. The van der Waals surface area contributed by atoms with Crippen LogP contribution in [0.3, 0.4) is 0 Å². The fraction of sp³-hybridized carbons (Fsp3) is 0.273. The maximum Gasteiger partial charge on any atom is 0.235 e. The maximum absolute atomic E-state index is 10.3. The summed E-state index contributed by atoms with van der Waals surface area (Å²) < 4.78 is 10.4. The van der Waals surface area contributed by atoms with Gasteiger partial charge in [0.1, 0.15) is 0 Å². The fourth-order valence-electron chi connectivity index (χ4n) is 1.40. The Morgan fingerprint density at radius 3 is 2.53 bits per heavy atom. The second-order valence-electron chi connectivity index (χ2n) is 3.02. The molecule has 0 aliphatic carbocycles. The normalized spacial score (nSPS) is 10.5. The van der Waals surface area contributed by atoms with Gasteiger partial charge in [0.25, 0.3) is 0 Å². The Bertz CT molecular complexity index is 445. The number of thioether (sulfide) groups is 1. The Morgan fingerprint density at radius 2 is 2.06 bits per heavy atom. The van der Waals surface area contributed by atoms with Gasteiger partial charge < -0.3 is 9.47 Å². The van der Waals surface area contributed by atoms with Gasteiger partial charge in [0.05, 0.1) is 24.0 Å². The Morgan fingerprint density at radius 1 is 1.35 bits per heavy atom. The molecule has 5 nitrogen and oxygen atoms in total. The summed E-state index contributed by atoms with van der Waals surface area (Å²) in [5.74, 6) is 1.20. The molecular weight excluding hydrogens is 242 g/mol. The van der Waals surface area contributed by atoms with Crippen LogP contribution < -0.4 is 9.47 Å². The first-order chi connectivity index (χ1) is 8.13. The monoisotopic (exact) mass is 255 g/mol. The van der Waals surface area contributed by atoms with Gasteiger partial charge in [0.15, 0.2) is 11.5 Å². The number of hydrogen-bond acceptors (Lipinski definition) is 5. The number of nitrogens with zero attached hydrogens (tertiary/aromatic N) is 1. The second kappa shape index (κ2) is 6.15. The molecule has 0 unspecified atom stereocenters. The minimum atomic E-state index is -0.499. The van der Waals surface area contributed by atoms with Crippen molar-refractivity contribution in [1.29, 1.82) is 0 Å². The molecule has 1 aromatic rings. The summed E-state index contributed by atoms with van der Waals surface area (Å²) in [6.07, 6.45) is 4.22. The molecule has 0 radical (unpaired) electrons. The smallest absolute Gasteiger partial charge is 0.235 e. The highest BCUT2D eigenvalue weighted by Crippen LogP contribution is 2.39. The molecule has 6 heteroatoms. The van der Waals surface area contributed by atoms with Crippen molar-refractivity contribution in [2.45, 2.75) is 4.90 Å². The van der Waals surface area contributed by atoms with Crippen molar-refractivity contribution in [3.63, 3.8) is 0 Å². The quantitative estimate of drug-likeness (QED) is 0.460. The highest BCUT2D eigenvalue weighted by molar-refractivity contribution is 7.98. The van der Waals surface area contributed by atoms with E-state index < -0.39 is 4.92 Å². The predicted octanol–water partition coefficient (Wildman–Crippen LogP) is 2.67. The van der Waals surface area contributed by atoms with Crippen molar-refractivity contribution >= 4 is 17.8 Å². The zero-order chi connectivity index (χ0) is 12.8. The number of nitro groups is 1. The first-order valence-corrected chi connectivity index (χ1v) is 5.97. The van der Waals surface area contributed by atoms with Gasteiger partial charge in [-0.2, -0.15) is 0 Å².